The Kier molecular flexibility index (Phi) is 5.73. The molecule has 0 bridgehead atoms. The zero-order chi connectivity index (χ0) is 13.4. The third-order valence-corrected chi connectivity index (χ3v) is 1.53. The number of hydrogen-bond donors (Lipinski definition) is 0. The van der Waals surface area contributed by atoms with Gasteiger partial charge in [-0.05, 0) is 6.08 Å². The number of carboxylic acid groups (broad SMARTS) is 3. The summed E-state index contributed by atoms with van der Waals surface area (Å²) in [5.41, 5.74) is -0.727. The molecule has 0 aliphatic rings. The van der Waals surface area contributed by atoms with Gasteiger partial charge in [-0.25, -0.2) is 0 Å². The van der Waals surface area contributed by atoms with E-state index in [4.69, 9.17) is 9.90 Å². The molecule has 6 heteroatoms. The first-order chi connectivity index (χ1) is 7.90. The Bertz CT molecular complexity index is 416. The molecule has 0 atom stereocenters. The molecule has 0 fully saturated rings. The second kappa shape index (κ2) is 6.78. The molecule has 90 valence electrons. The van der Waals surface area contributed by atoms with E-state index in [0.29, 0.717) is 0 Å². The molecule has 1 rings (SSSR count). The summed E-state index contributed by atoms with van der Waals surface area (Å²) in [6, 6.07) is 5.14. The minimum atomic E-state index is -1.52. The van der Waals surface area contributed by atoms with Crippen LogP contribution in [0.25, 0.3) is 0 Å². The van der Waals surface area contributed by atoms with E-state index >= 15 is 0 Å². The van der Waals surface area contributed by atoms with E-state index < -0.39 is 17.9 Å². The minimum absolute atomic E-state index is 0.363. The fourth-order valence-corrected chi connectivity index (χ4v) is 0.839. The highest BCUT2D eigenvalue weighted by Gasteiger charge is 2.01. The van der Waals surface area contributed by atoms with E-state index in [0.717, 1.165) is 18.2 Å². The fraction of sp³-hybridized carbons (Fsp3) is 0. The van der Waals surface area contributed by atoms with Gasteiger partial charge in [-0.1, -0.05) is 30.8 Å². The average Bonchev–Trinajstić information content (AvgIpc) is 2.29. The van der Waals surface area contributed by atoms with Gasteiger partial charge in [-0.3, -0.25) is 0 Å². The van der Waals surface area contributed by atoms with E-state index in [2.05, 4.69) is 6.58 Å². The second-order valence-electron chi connectivity index (χ2n) is 2.64. The summed E-state index contributed by atoms with van der Waals surface area (Å²) in [6.45, 7) is 2.90. The third kappa shape index (κ3) is 5.12. The molecule has 0 radical (unpaired) electrons. The quantitative estimate of drug-likeness (QED) is 0.527. The van der Waals surface area contributed by atoms with E-state index in [1.807, 2.05) is 0 Å². The molecule has 0 aliphatic heterocycles. The molecule has 1 aromatic rings. The lowest BCUT2D eigenvalue weighted by molar-refractivity contribution is -0.297. The first kappa shape index (κ1) is 14.4. The Morgan fingerprint density at radius 3 is 1.41 bits per heavy atom. The molecule has 0 saturated carbocycles. The molecule has 1 aromatic carbocycles. The topological polar surface area (TPSA) is 120 Å². The van der Waals surface area contributed by atoms with Crippen molar-refractivity contribution < 1.29 is 29.7 Å². The Labute approximate surface area is 96.4 Å². The van der Waals surface area contributed by atoms with Crippen LogP contribution in [0.2, 0.25) is 0 Å². The van der Waals surface area contributed by atoms with Crippen LogP contribution in [0.1, 0.15) is 20.7 Å². The smallest absolute Gasteiger partial charge is 0.0721 e. The second-order valence-corrected chi connectivity index (χ2v) is 2.64. The van der Waals surface area contributed by atoms with Gasteiger partial charge in [0.25, 0.3) is 0 Å². The SMILES string of the molecule is C=CC(=O)[O-].O=C([O-])c1ccccc1C(=O)[O-]. The molecule has 0 heterocycles. The van der Waals surface area contributed by atoms with Crippen LogP contribution in [-0.4, -0.2) is 17.9 Å². The standard InChI is InChI=1S/C8H6O4.C3H4O2/c9-7(10)5-3-1-2-4-6(5)8(11)12;1-2-3(4)5/h1-4H,(H,9,10)(H,11,12);2H,1H2,(H,4,5)/p-3. The molecule has 6 nitrogen and oxygen atoms in total. The number of hydrogen-bond acceptors (Lipinski definition) is 6. The largest absolute Gasteiger partial charge is 0.545 e. The van der Waals surface area contributed by atoms with Crippen molar-refractivity contribution in [2.45, 2.75) is 0 Å². The Morgan fingerprint density at radius 2 is 1.24 bits per heavy atom. The van der Waals surface area contributed by atoms with Crippen molar-refractivity contribution in [1.82, 2.24) is 0 Å². The van der Waals surface area contributed by atoms with Crippen molar-refractivity contribution in [2.24, 2.45) is 0 Å². The minimum Gasteiger partial charge on any atom is -0.545 e. The number of carboxylic acids is 3. The highest BCUT2D eigenvalue weighted by Crippen LogP contribution is 2.05. The summed E-state index contributed by atoms with van der Waals surface area (Å²) in [6.07, 6.45) is 0.722. The van der Waals surface area contributed by atoms with Crippen LogP contribution in [0.5, 0.6) is 0 Å². The zero-order valence-electron chi connectivity index (χ0n) is 8.54. The molecule has 0 aromatic heterocycles. The van der Waals surface area contributed by atoms with Crippen LogP contribution >= 0.6 is 0 Å². The maximum absolute atomic E-state index is 10.3. The van der Waals surface area contributed by atoms with Gasteiger partial charge in [0.15, 0.2) is 0 Å². The fourth-order valence-electron chi connectivity index (χ4n) is 0.839. The predicted molar refractivity (Wildman–Crippen MR) is 50.3 cm³/mol. The molecular formula is C11H7O6-3. The Hall–Kier alpha value is -2.63. The van der Waals surface area contributed by atoms with Crippen molar-refractivity contribution in [1.29, 1.82) is 0 Å². The highest BCUT2D eigenvalue weighted by atomic mass is 16.4. The lowest BCUT2D eigenvalue weighted by Crippen LogP contribution is -2.29. The summed E-state index contributed by atoms with van der Waals surface area (Å²) < 4.78 is 0. The molecule has 0 N–H and O–H groups in total. The van der Waals surface area contributed by atoms with Crippen molar-refractivity contribution >= 4 is 17.9 Å². The van der Waals surface area contributed by atoms with Crippen molar-refractivity contribution in [3.8, 4) is 0 Å². The van der Waals surface area contributed by atoms with Crippen LogP contribution in [0.15, 0.2) is 36.9 Å². The lowest BCUT2D eigenvalue weighted by Gasteiger charge is -2.09. The van der Waals surface area contributed by atoms with Gasteiger partial charge in [0, 0.05) is 11.1 Å². The Morgan fingerprint density at radius 1 is 0.941 bits per heavy atom. The summed E-state index contributed by atoms with van der Waals surface area (Å²) in [7, 11) is 0. The molecular weight excluding hydrogens is 228 g/mol. The maximum atomic E-state index is 10.3. The molecule has 0 spiro atoms. The molecule has 0 saturated heterocycles. The first-order valence-electron chi connectivity index (χ1n) is 4.25. The molecule has 17 heavy (non-hydrogen) atoms. The molecule has 0 amide bonds. The van der Waals surface area contributed by atoms with Crippen molar-refractivity contribution in [3.63, 3.8) is 0 Å². The number of carbonyl (C=O) groups is 3. The van der Waals surface area contributed by atoms with Gasteiger partial charge >= 0.3 is 0 Å². The van der Waals surface area contributed by atoms with E-state index in [1.165, 1.54) is 12.1 Å². The van der Waals surface area contributed by atoms with Gasteiger partial charge in [0.2, 0.25) is 0 Å². The van der Waals surface area contributed by atoms with Crippen LogP contribution in [0.3, 0.4) is 0 Å². The first-order valence-corrected chi connectivity index (χ1v) is 4.25. The number of benzene rings is 1. The van der Waals surface area contributed by atoms with Gasteiger partial charge < -0.3 is 29.7 Å². The summed E-state index contributed by atoms with van der Waals surface area (Å²) in [4.78, 5) is 29.8. The Balaban J connectivity index is 0.000000437. The maximum Gasteiger partial charge on any atom is 0.0721 e. The van der Waals surface area contributed by atoms with Crippen LogP contribution in [-0.2, 0) is 4.79 Å². The normalized spacial score (nSPS) is 8.47. The summed E-state index contributed by atoms with van der Waals surface area (Å²) in [5.74, 6) is -4.27. The van der Waals surface area contributed by atoms with Gasteiger partial charge in [0.1, 0.15) is 0 Å². The summed E-state index contributed by atoms with van der Waals surface area (Å²) in [5, 5.41) is 29.8. The van der Waals surface area contributed by atoms with E-state index in [-0.39, 0.29) is 11.1 Å². The predicted octanol–water partition coefficient (Wildman–Crippen LogP) is -2.66. The average molecular weight is 235 g/mol. The van der Waals surface area contributed by atoms with Crippen molar-refractivity contribution in [3.05, 3.63) is 48.0 Å². The van der Waals surface area contributed by atoms with E-state index in [1.54, 1.807) is 0 Å². The number of carbonyl (C=O) groups excluding carboxylic acids is 3. The lowest BCUT2D eigenvalue weighted by atomic mass is 10.1. The van der Waals surface area contributed by atoms with Gasteiger partial charge in [0.05, 0.1) is 17.9 Å². The van der Waals surface area contributed by atoms with Crippen LogP contribution in [0.4, 0.5) is 0 Å². The zero-order valence-corrected chi connectivity index (χ0v) is 8.54. The number of aromatic carboxylic acids is 2. The van der Waals surface area contributed by atoms with Crippen LogP contribution in [0, 0.1) is 0 Å². The van der Waals surface area contributed by atoms with Crippen LogP contribution < -0.4 is 15.3 Å². The van der Waals surface area contributed by atoms with E-state index in [9.17, 15) is 19.8 Å². The number of rotatable bonds is 3. The van der Waals surface area contributed by atoms with Gasteiger partial charge in [-0.15, -0.1) is 0 Å². The van der Waals surface area contributed by atoms with Gasteiger partial charge in [-0.2, -0.15) is 0 Å². The highest BCUT2D eigenvalue weighted by molar-refractivity contribution is 5.99. The molecule has 0 unspecified atom stereocenters. The van der Waals surface area contributed by atoms with Crippen molar-refractivity contribution in [2.75, 3.05) is 0 Å². The summed E-state index contributed by atoms with van der Waals surface area (Å²) >= 11 is 0. The third-order valence-electron chi connectivity index (χ3n) is 1.53. The monoisotopic (exact) mass is 235 g/mol. The number of aliphatic carboxylic acids is 1. The molecule has 0 aliphatic carbocycles.